The lowest BCUT2D eigenvalue weighted by Crippen LogP contribution is -2.56. The number of carbonyl (C=O) groups excluding carboxylic acids is 2. The molecule has 1 heterocycles. The van der Waals surface area contributed by atoms with E-state index in [0.717, 1.165) is 5.56 Å². The molecule has 0 aliphatic carbocycles. The van der Waals surface area contributed by atoms with Gasteiger partial charge < -0.3 is 0 Å². The van der Waals surface area contributed by atoms with Gasteiger partial charge >= 0.3 is 0 Å². The highest BCUT2D eigenvalue weighted by molar-refractivity contribution is 6.39. The molecule has 0 bridgehead atoms. The molecular weight excluding hydrogens is 290 g/mol. The topological polar surface area (TPSA) is 61.8 Å². The summed E-state index contributed by atoms with van der Waals surface area (Å²) in [6.45, 7) is 1.43. The number of Topliss-reactive ketones (excluding diaryl/α,β-unsaturated/α-hetero) is 1. The van der Waals surface area contributed by atoms with Gasteiger partial charge in [-0.15, -0.1) is 0 Å². The normalized spacial score (nSPS) is 17.4. The average Bonchev–Trinajstić information content (AvgIpc) is 2.58. The lowest BCUT2D eigenvalue weighted by atomic mass is 10.0. The summed E-state index contributed by atoms with van der Waals surface area (Å²) in [6, 6.07) is 18.2. The third-order valence-corrected chi connectivity index (χ3v) is 3.63. The second-order valence-corrected chi connectivity index (χ2v) is 5.36. The molecule has 1 amide bonds. The summed E-state index contributed by atoms with van der Waals surface area (Å²) in [7, 11) is 0. The first-order chi connectivity index (χ1) is 11.1. The largest absolute Gasteiger partial charge is 0.291 e. The van der Waals surface area contributed by atoms with Crippen molar-refractivity contribution >= 4 is 23.2 Å². The quantitative estimate of drug-likeness (QED) is 0.941. The van der Waals surface area contributed by atoms with E-state index in [-0.39, 0.29) is 17.5 Å². The number of nitrogens with zero attached hydrogens (tertiary/aromatic N) is 2. The zero-order valence-electron chi connectivity index (χ0n) is 12.8. The summed E-state index contributed by atoms with van der Waals surface area (Å²) in [5.41, 5.74) is 4.51. The van der Waals surface area contributed by atoms with E-state index in [0.29, 0.717) is 12.1 Å². The molecule has 1 N–H and O–H groups in total. The van der Waals surface area contributed by atoms with E-state index < -0.39 is 6.04 Å². The fourth-order valence-electron chi connectivity index (χ4n) is 2.46. The van der Waals surface area contributed by atoms with Gasteiger partial charge in [-0.25, -0.2) is 5.01 Å². The van der Waals surface area contributed by atoms with Crippen LogP contribution in [0.4, 0.5) is 5.69 Å². The average molecular weight is 307 g/mol. The molecule has 0 fully saturated rings. The van der Waals surface area contributed by atoms with Crippen molar-refractivity contribution in [1.29, 1.82) is 0 Å². The summed E-state index contributed by atoms with van der Waals surface area (Å²) in [5.74, 6) is -0.170. The maximum Gasteiger partial charge on any atom is 0.270 e. The molecule has 0 saturated carbocycles. The Morgan fingerprint density at radius 3 is 2.30 bits per heavy atom. The Morgan fingerprint density at radius 1 is 1.09 bits per heavy atom. The van der Waals surface area contributed by atoms with Gasteiger partial charge in [0.25, 0.3) is 5.91 Å². The highest BCUT2D eigenvalue weighted by Crippen LogP contribution is 2.18. The van der Waals surface area contributed by atoms with Gasteiger partial charge in [-0.05, 0) is 17.7 Å². The second-order valence-electron chi connectivity index (χ2n) is 5.36. The van der Waals surface area contributed by atoms with Gasteiger partial charge in [0.2, 0.25) is 0 Å². The number of amides is 1. The number of hydrogen-bond acceptors (Lipinski definition) is 4. The highest BCUT2D eigenvalue weighted by atomic mass is 16.2. The third kappa shape index (κ3) is 3.29. The predicted molar refractivity (Wildman–Crippen MR) is 89.1 cm³/mol. The molecule has 2 aromatic rings. The molecule has 23 heavy (non-hydrogen) atoms. The van der Waals surface area contributed by atoms with Crippen LogP contribution in [0.15, 0.2) is 65.7 Å². The van der Waals surface area contributed by atoms with Crippen molar-refractivity contribution in [2.24, 2.45) is 4.99 Å². The summed E-state index contributed by atoms with van der Waals surface area (Å²) >= 11 is 0. The second kappa shape index (κ2) is 6.44. The van der Waals surface area contributed by atoms with E-state index in [1.54, 1.807) is 0 Å². The van der Waals surface area contributed by atoms with Crippen molar-refractivity contribution in [1.82, 2.24) is 5.43 Å². The number of carbonyl (C=O) groups is 2. The van der Waals surface area contributed by atoms with Crippen molar-refractivity contribution in [3.05, 3.63) is 66.2 Å². The Balaban J connectivity index is 1.92. The molecule has 116 valence electrons. The number of anilines is 1. The maximum absolute atomic E-state index is 12.7. The van der Waals surface area contributed by atoms with Crippen molar-refractivity contribution in [3.8, 4) is 0 Å². The molecule has 3 rings (SSSR count). The monoisotopic (exact) mass is 307 g/mol. The molecule has 0 spiro atoms. The maximum atomic E-state index is 12.7. The number of hydrogen-bond donors (Lipinski definition) is 1. The van der Waals surface area contributed by atoms with Crippen molar-refractivity contribution in [2.45, 2.75) is 19.4 Å². The smallest absolute Gasteiger partial charge is 0.270 e. The van der Waals surface area contributed by atoms with E-state index in [4.69, 9.17) is 0 Å². The van der Waals surface area contributed by atoms with E-state index in [9.17, 15) is 9.59 Å². The fourth-order valence-corrected chi connectivity index (χ4v) is 2.46. The number of benzene rings is 2. The number of hydrazine groups is 1. The van der Waals surface area contributed by atoms with Gasteiger partial charge in [-0.1, -0.05) is 48.5 Å². The van der Waals surface area contributed by atoms with Gasteiger partial charge in [-0.3, -0.25) is 20.0 Å². The molecule has 2 aromatic carbocycles. The minimum Gasteiger partial charge on any atom is -0.291 e. The Morgan fingerprint density at radius 2 is 1.70 bits per heavy atom. The standard InChI is InChI=1S/C18H17N3O2/c1-13(22)17-19-16(12-14-8-4-2-5-9-14)18(23)21(20-17)15-10-6-3-7-11-15/h2-11,16H,12H2,1H3,(H,19,20)/t16-/m0/s1. The first kappa shape index (κ1) is 15.0. The summed E-state index contributed by atoms with van der Waals surface area (Å²) in [6.07, 6.45) is 0.460. The Bertz CT molecular complexity index is 741. The van der Waals surface area contributed by atoms with Crippen LogP contribution < -0.4 is 10.4 Å². The lowest BCUT2D eigenvalue weighted by molar-refractivity contribution is -0.120. The molecule has 0 unspecified atom stereocenters. The van der Waals surface area contributed by atoms with Crippen LogP contribution in [0.1, 0.15) is 12.5 Å². The first-order valence-electron chi connectivity index (χ1n) is 7.43. The van der Waals surface area contributed by atoms with E-state index in [1.165, 1.54) is 11.9 Å². The van der Waals surface area contributed by atoms with Crippen molar-refractivity contribution in [3.63, 3.8) is 0 Å². The number of rotatable bonds is 4. The number of amidine groups is 1. The van der Waals surface area contributed by atoms with Crippen LogP contribution in [0.5, 0.6) is 0 Å². The minimum atomic E-state index is -0.613. The molecule has 1 aliphatic rings. The van der Waals surface area contributed by atoms with E-state index >= 15 is 0 Å². The molecule has 5 heteroatoms. The van der Waals surface area contributed by atoms with E-state index in [2.05, 4.69) is 10.4 Å². The summed E-state index contributed by atoms with van der Waals surface area (Å²) < 4.78 is 0. The number of aliphatic imine (C=N–C) groups is 1. The van der Waals surface area contributed by atoms with E-state index in [1.807, 2.05) is 60.7 Å². The van der Waals surface area contributed by atoms with Crippen LogP contribution >= 0.6 is 0 Å². The molecule has 5 nitrogen and oxygen atoms in total. The molecule has 0 radical (unpaired) electrons. The molecule has 0 saturated heterocycles. The Kier molecular flexibility index (Phi) is 4.19. The van der Waals surface area contributed by atoms with Crippen LogP contribution in [0.2, 0.25) is 0 Å². The number of ketones is 1. The summed E-state index contributed by atoms with van der Waals surface area (Å²) in [5, 5.41) is 1.40. The number of para-hydroxylation sites is 1. The Hall–Kier alpha value is -2.95. The van der Waals surface area contributed by atoms with Crippen molar-refractivity contribution in [2.75, 3.05) is 5.01 Å². The number of nitrogens with one attached hydrogen (secondary N) is 1. The van der Waals surface area contributed by atoms with Gasteiger partial charge in [0.05, 0.1) is 5.69 Å². The summed E-state index contributed by atoms with van der Waals surface area (Å²) in [4.78, 5) is 28.8. The van der Waals surface area contributed by atoms with Crippen LogP contribution in [0, 0.1) is 0 Å². The van der Waals surface area contributed by atoms with Gasteiger partial charge in [0.1, 0.15) is 6.04 Å². The van der Waals surface area contributed by atoms with Gasteiger partial charge in [-0.2, -0.15) is 0 Å². The minimum absolute atomic E-state index is 0.176. The van der Waals surface area contributed by atoms with Crippen LogP contribution in [0.25, 0.3) is 0 Å². The lowest BCUT2D eigenvalue weighted by Gasteiger charge is -2.31. The predicted octanol–water partition coefficient (Wildman–Crippen LogP) is 2.14. The molecular formula is C18H17N3O2. The SMILES string of the molecule is CC(=O)C1=N[C@@H](Cc2ccccc2)C(=O)N(c2ccccc2)N1. The van der Waals surface area contributed by atoms with Gasteiger partial charge in [0, 0.05) is 13.3 Å². The van der Waals surface area contributed by atoms with Gasteiger partial charge in [0.15, 0.2) is 11.6 Å². The third-order valence-electron chi connectivity index (χ3n) is 3.63. The molecule has 1 atom stereocenters. The Labute approximate surface area is 134 Å². The van der Waals surface area contributed by atoms with Crippen LogP contribution in [0.3, 0.4) is 0 Å². The zero-order chi connectivity index (χ0) is 16.2. The van der Waals surface area contributed by atoms with Crippen molar-refractivity contribution < 1.29 is 9.59 Å². The molecule has 0 aromatic heterocycles. The fraction of sp³-hybridized carbons (Fsp3) is 0.167. The molecule has 1 aliphatic heterocycles. The first-order valence-corrected chi connectivity index (χ1v) is 7.43. The zero-order valence-corrected chi connectivity index (χ0v) is 12.8. The van der Waals surface area contributed by atoms with Crippen LogP contribution in [-0.2, 0) is 16.0 Å². The van der Waals surface area contributed by atoms with Crippen LogP contribution in [-0.4, -0.2) is 23.6 Å². The highest BCUT2D eigenvalue weighted by Gasteiger charge is 2.32.